The molecule has 0 aliphatic heterocycles. The number of carbonyl (C=O) groups is 1. The Kier molecular flexibility index (Phi) is 7.12. The first-order valence-electron chi connectivity index (χ1n) is 11.1. The molecule has 0 spiro atoms. The molecule has 0 saturated heterocycles. The van der Waals surface area contributed by atoms with Gasteiger partial charge in [-0.2, -0.15) is 0 Å². The van der Waals surface area contributed by atoms with Gasteiger partial charge in [0.1, 0.15) is 17.0 Å². The summed E-state index contributed by atoms with van der Waals surface area (Å²) in [4.78, 5) is 23.5. The number of aromatic nitrogens is 2. The molecular weight excluding hydrogens is 416 g/mol. The molecule has 0 saturated carbocycles. The Bertz CT molecular complexity index is 1190. The Morgan fingerprint density at radius 1 is 1.03 bits per heavy atom. The summed E-state index contributed by atoms with van der Waals surface area (Å²) in [5, 5.41) is 7.35. The monoisotopic (exact) mass is 444 g/mol. The van der Waals surface area contributed by atoms with Crippen molar-refractivity contribution in [3.05, 3.63) is 71.4 Å². The van der Waals surface area contributed by atoms with Crippen molar-refractivity contribution < 1.29 is 4.79 Å². The number of benzene rings is 2. The molecule has 32 heavy (non-hydrogen) atoms. The highest BCUT2D eigenvalue weighted by Crippen LogP contribution is 2.40. The average Bonchev–Trinajstić information content (AvgIpc) is 3.16. The van der Waals surface area contributed by atoms with Crippen LogP contribution in [0.2, 0.25) is 0 Å². The minimum Gasteiger partial charge on any atom is -0.369 e. The summed E-state index contributed by atoms with van der Waals surface area (Å²) in [5.74, 6) is 0.750. The molecule has 2 heterocycles. The van der Waals surface area contributed by atoms with Crippen LogP contribution in [0.5, 0.6) is 0 Å². The fourth-order valence-electron chi connectivity index (χ4n) is 3.78. The highest BCUT2D eigenvalue weighted by molar-refractivity contribution is 7.19. The Hall–Kier alpha value is -3.25. The van der Waals surface area contributed by atoms with E-state index >= 15 is 0 Å². The number of hydrogen-bond donors (Lipinski definition) is 2. The molecule has 0 radical (unpaired) electrons. The van der Waals surface area contributed by atoms with E-state index in [1.165, 1.54) is 23.3 Å². The van der Waals surface area contributed by atoms with Crippen LogP contribution in [-0.2, 0) is 11.2 Å². The molecule has 0 fully saturated rings. The summed E-state index contributed by atoms with van der Waals surface area (Å²) >= 11 is 1.66. The van der Waals surface area contributed by atoms with Crippen LogP contribution in [-0.4, -0.2) is 22.4 Å². The smallest absolute Gasteiger partial charge is 0.226 e. The number of unbranched alkanes of at least 4 members (excludes halogenated alkanes) is 1. The largest absolute Gasteiger partial charge is 0.369 e. The van der Waals surface area contributed by atoms with Crippen molar-refractivity contribution in [2.75, 3.05) is 17.2 Å². The van der Waals surface area contributed by atoms with E-state index in [9.17, 15) is 4.79 Å². The van der Waals surface area contributed by atoms with Crippen LogP contribution in [0.25, 0.3) is 21.3 Å². The summed E-state index contributed by atoms with van der Waals surface area (Å²) in [5.41, 5.74) is 4.44. The molecule has 0 bridgehead atoms. The quantitative estimate of drug-likeness (QED) is 0.311. The number of amides is 1. The molecule has 4 aromatic rings. The van der Waals surface area contributed by atoms with Gasteiger partial charge in [0.15, 0.2) is 0 Å². The number of nitrogens with one attached hydrogen (secondary N) is 2. The molecule has 2 aromatic carbocycles. The van der Waals surface area contributed by atoms with Gasteiger partial charge < -0.3 is 10.6 Å². The number of anilines is 2. The van der Waals surface area contributed by atoms with Gasteiger partial charge in [-0.15, -0.1) is 11.3 Å². The van der Waals surface area contributed by atoms with Gasteiger partial charge in [0, 0.05) is 29.1 Å². The zero-order valence-corrected chi connectivity index (χ0v) is 19.3. The molecule has 6 heteroatoms. The third kappa shape index (κ3) is 5.14. The second-order valence-electron chi connectivity index (χ2n) is 7.83. The highest BCUT2D eigenvalue weighted by atomic mass is 32.1. The Morgan fingerprint density at radius 3 is 2.56 bits per heavy atom. The standard InChI is InChI=1S/C26H28N4OS/c1-3-4-8-19-11-13-21(14-12-19)30-22(31)15-16-27-25-24-23(20-9-6-5-7-10-20)18(2)32-26(24)29-17-28-25/h5-7,9-14,17H,3-4,8,15-16H2,1-2H3,(H,30,31)(H,27,28,29). The Labute approximate surface area is 192 Å². The lowest BCUT2D eigenvalue weighted by molar-refractivity contribution is -0.115. The van der Waals surface area contributed by atoms with Crippen molar-refractivity contribution in [3.8, 4) is 11.1 Å². The average molecular weight is 445 g/mol. The normalized spacial score (nSPS) is 10.9. The number of hydrogen-bond acceptors (Lipinski definition) is 5. The number of carbonyl (C=O) groups excluding carboxylic acids is 1. The lowest BCUT2D eigenvalue weighted by Crippen LogP contribution is -2.16. The fourth-order valence-corrected chi connectivity index (χ4v) is 4.80. The number of thiophene rings is 1. The van der Waals surface area contributed by atoms with Crippen LogP contribution in [0.4, 0.5) is 11.5 Å². The van der Waals surface area contributed by atoms with E-state index in [0.29, 0.717) is 13.0 Å². The summed E-state index contributed by atoms with van der Waals surface area (Å²) in [6.07, 6.45) is 5.38. The molecule has 1 amide bonds. The van der Waals surface area contributed by atoms with Crippen molar-refractivity contribution >= 4 is 39.0 Å². The van der Waals surface area contributed by atoms with Crippen LogP contribution in [0, 0.1) is 6.92 Å². The first-order valence-corrected chi connectivity index (χ1v) is 11.9. The van der Waals surface area contributed by atoms with Crippen molar-refractivity contribution in [1.29, 1.82) is 0 Å². The van der Waals surface area contributed by atoms with Crippen molar-refractivity contribution in [3.63, 3.8) is 0 Å². The van der Waals surface area contributed by atoms with Gasteiger partial charge in [0.05, 0.1) is 5.39 Å². The first kappa shape index (κ1) is 22.0. The molecule has 164 valence electrons. The number of rotatable bonds is 9. The van der Waals surface area contributed by atoms with Crippen LogP contribution in [0.1, 0.15) is 36.6 Å². The third-order valence-electron chi connectivity index (χ3n) is 5.43. The Balaban J connectivity index is 1.41. The van der Waals surface area contributed by atoms with Crippen molar-refractivity contribution in [2.45, 2.75) is 39.5 Å². The molecule has 4 rings (SSSR count). The van der Waals surface area contributed by atoms with Crippen molar-refractivity contribution in [2.24, 2.45) is 0 Å². The maximum atomic E-state index is 12.4. The van der Waals surface area contributed by atoms with Crippen LogP contribution < -0.4 is 10.6 Å². The summed E-state index contributed by atoms with van der Waals surface area (Å²) < 4.78 is 0. The lowest BCUT2D eigenvalue weighted by atomic mass is 10.0. The van der Waals surface area contributed by atoms with E-state index in [1.54, 1.807) is 17.7 Å². The van der Waals surface area contributed by atoms with E-state index in [4.69, 9.17) is 0 Å². The second-order valence-corrected chi connectivity index (χ2v) is 9.03. The van der Waals surface area contributed by atoms with E-state index in [2.05, 4.69) is 58.7 Å². The summed E-state index contributed by atoms with van der Waals surface area (Å²) in [6, 6.07) is 18.4. The molecule has 0 aliphatic carbocycles. The number of aryl methyl sites for hydroxylation is 2. The third-order valence-corrected chi connectivity index (χ3v) is 6.44. The summed E-state index contributed by atoms with van der Waals surface area (Å²) in [6.45, 7) is 4.80. The van der Waals surface area contributed by atoms with E-state index < -0.39 is 0 Å². The lowest BCUT2D eigenvalue weighted by Gasteiger charge is -2.10. The van der Waals surface area contributed by atoms with Gasteiger partial charge in [-0.1, -0.05) is 55.8 Å². The topological polar surface area (TPSA) is 66.9 Å². The molecule has 2 aromatic heterocycles. The number of fused-ring (bicyclic) bond motifs is 1. The molecule has 0 aliphatic rings. The summed E-state index contributed by atoms with van der Waals surface area (Å²) in [7, 11) is 0. The fraction of sp³-hybridized carbons (Fsp3) is 0.269. The first-order chi connectivity index (χ1) is 15.7. The minimum absolute atomic E-state index is 0.0195. The number of nitrogens with zero attached hydrogens (tertiary/aromatic N) is 2. The molecule has 5 nitrogen and oxygen atoms in total. The maximum absolute atomic E-state index is 12.4. The minimum atomic E-state index is -0.0195. The second kappa shape index (κ2) is 10.4. The van der Waals surface area contributed by atoms with Gasteiger partial charge in [-0.05, 0) is 43.0 Å². The zero-order chi connectivity index (χ0) is 22.3. The van der Waals surface area contributed by atoms with Gasteiger partial charge in [0.25, 0.3) is 0 Å². The molecular formula is C26H28N4OS. The molecule has 0 unspecified atom stereocenters. The van der Waals surface area contributed by atoms with Gasteiger partial charge >= 0.3 is 0 Å². The maximum Gasteiger partial charge on any atom is 0.226 e. The van der Waals surface area contributed by atoms with E-state index in [1.807, 2.05) is 30.3 Å². The van der Waals surface area contributed by atoms with Crippen LogP contribution >= 0.6 is 11.3 Å². The van der Waals surface area contributed by atoms with Gasteiger partial charge in [-0.25, -0.2) is 9.97 Å². The SMILES string of the molecule is CCCCc1ccc(NC(=O)CCNc2ncnc3sc(C)c(-c4ccccc4)c23)cc1. The van der Waals surface area contributed by atoms with Crippen LogP contribution in [0.3, 0.4) is 0 Å². The van der Waals surface area contributed by atoms with E-state index in [-0.39, 0.29) is 5.91 Å². The predicted molar refractivity (Wildman–Crippen MR) is 134 cm³/mol. The molecule has 0 atom stereocenters. The predicted octanol–water partition coefficient (Wildman–Crippen LogP) is 6.45. The van der Waals surface area contributed by atoms with Crippen molar-refractivity contribution in [1.82, 2.24) is 9.97 Å². The van der Waals surface area contributed by atoms with Gasteiger partial charge in [-0.3, -0.25) is 4.79 Å². The van der Waals surface area contributed by atoms with E-state index in [0.717, 1.165) is 39.3 Å². The Morgan fingerprint density at radius 2 is 1.81 bits per heavy atom. The zero-order valence-electron chi connectivity index (χ0n) is 18.5. The molecule has 2 N–H and O–H groups in total. The van der Waals surface area contributed by atoms with Gasteiger partial charge in [0.2, 0.25) is 5.91 Å². The van der Waals surface area contributed by atoms with Crippen LogP contribution in [0.15, 0.2) is 60.9 Å². The highest BCUT2D eigenvalue weighted by Gasteiger charge is 2.16.